The van der Waals surface area contributed by atoms with Crippen LogP contribution in [0.25, 0.3) is 0 Å². The molecule has 22 nitrogen and oxygen atoms in total. The number of sulfonamides is 1. The number of anilines is 1. The molecule has 2 aromatic rings. The number of carbonyl (C=O) groups is 9. The van der Waals surface area contributed by atoms with Gasteiger partial charge < -0.3 is 47.3 Å². The number of nitrogens with two attached hydrogens (primary N) is 1. The van der Waals surface area contributed by atoms with Crippen LogP contribution in [-0.2, 0) is 58.5 Å². The molecule has 1 aliphatic heterocycles. The maximum absolute atomic E-state index is 14.4. The number of primary amides is 1. The molecule has 3 rings (SSSR count). The minimum atomic E-state index is -4.50. The molecule has 0 aliphatic carbocycles. The van der Waals surface area contributed by atoms with E-state index in [0.717, 1.165) is 5.56 Å². The molecule has 2 aromatic carbocycles. The highest BCUT2D eigenvalue weighted by Gasteiger charge is 2.42. The van der Waals surface area contributed by atoms with E-state index in [1.807, 2.05) is 106 Å². The Kier molecular flexibility index (Phi) is 25.4. The molecule has 0 saturated heterocycles. The number of carbonyl (C=O) groups excluding carboxylic acids is 9. The van der Waals surface area contributed by atoms with E-state index in [2.05, 4.69) is 36.6 Å². The van der Waals surface area contributed by atoms with Gasteiger partial charge in [-0.2, -0.15) is 0 Å². The second-order valence-corrected chi connectivity index (χ2v) is 26.7. The van der Waals surface area contributed by atoms with Crippen LogP contribution in [-0.4, -0.2) is 142 Å². The number of nitrogens with one attached hydrogen (secondary N) is 7. The summed E-state index contributed by atoms with van der Waals surface area (Å²) in [6.07, 6.45) is 4.75. The second-order valence-electron chi connectivity index (χ2n) is 25.0. The fourth-order valence-electron chi connectivity index (χ4n) is 9.47. The average molecular weight is 1180 g/mol. The Morgan fingerprint density at radius 3 is 1.88 bits per heavy atom. The summed E-state index contributed by atoms with van der Waals surface area (Å²) < 4.78 is 35.4. The molecule has 0 bridgehead atoms. The number of hydrogen-bond acceptors (Lipinski definition) is 13. The van der Waals surface area contributed by atoms with Crippen molar-refractivity contribution in [2.45, 2.75) is 163 Å². The van der Waals surface area contributed by atoms with Crippen LogP contribution in [0.5, 0.6) is 0 Å². The summed E-state index contributed by atoms with van der Waals surface area (Å²) in [5.41, 5.74) is 3.64. The zero-order valence-corrected chi connectivity index (χ0v) is 52.2. The molecule has 6 atom stereocenters. The third-order valence-corrected chi connectivity index (χ3v) is 16.2. The van der Waals surface area contributed by atoms with Crippen LogP contribution in [0.2, 0.25) is 0 Å². The first-order chi connectivity index (χ1) is 38.4. The molecule has 1 aliphatic rings. The quantitative estimate of drug-likeness (QED) is 0.0286. The Balaban J connectivity index is 1.72. The van der Waals surface area contributed by atoms with Crippen LogP contribution < -0.4 is 42.4 Å². The van der Waals surface area contributed by atoms with E-state index in [9.17, 15) is 51.6 Å². The molecule has 6 unspecified atom stereocenters. The second kappa shape index (κ2) is 30.0. The number of hydrogen-bond donors (Lipinski definition) is 8. The van der Waals surface area contributed by atoms with E-state index in [4.69, 9.17) is 10.5 Å². The van der Waals surface area contributed by atoms with Crippen molar-refractivity contribution in [3.63, 3.8) is 0 Å². The highest BCUT2D eigenvalue weighted by molar-refractivity contribution is 7.90. The zero-order valence-electron chi connectivity index (χ0n) is 51.4. The smallest absolute Gasteiger partial charge is 0.312 e. The fraction of sp³-hybridized carbons (Fsp3) is 0.583. The van der Waals surface area contributed by atoms with Gasteiger partial charge in [-0.1, -0.05) is 126 Å². The molecular formula is C60H92N10O12S. The van der Waals surface area contributed by atoms with E-state index < -0.39 is 103 Å². The summed E-state index contributed by atoms with van der Waals surface area (Å²) in [7, 11) is -1.24. The van der Waals surface area contributed by atoms with Crippen LogP contribution >= 0.6 is 0 Å². The van der Waals surface area contributed by atoms with Crippen LogP contribution in [0.3, 0.4) is 0 Å². The van der Waals surface area contributed by atoms with Gasteiger partial charge in [-0.05, 0) is 85.7 Å². The fourth-order valence-corrected chi connectivity index (χ4v) is 10.5. The summed E-state index contributed by atoms with van der Waals surface area (Å²) in [4.78, 5) is 122. The Bertz CT molecular complexity index is 2790. The van der Waals surface area contributed by atoms with Crippen molar-refractivity contribution in [2.75, 3.05) is 45.7 Å². The number of rotatable bonds is 31. The number of benzene rings is 2. The third kappa shape index (κ3) is 20.7. The molecule has 1 heterocycles. The topological polar surface area (TPSA) is 314 Å². The number of ether oxygens (including phenoxy) is 1. The molecule has 0 spiro atoms. The Labute approximate surface area is 491 Å². The predicted octanol–water partition coefficient (Wildman–Crippen LogP) is 4.80. The number of imide groups is 1. The minimum Gasteiger partial charge on any atom is -0.380 e. The lowest BCUT2D eigenvalue weighted by Gasteiger charge is -2.40. The summed E-state index contributed by atoms with van der Waals surface area (Å²) in [6.45, 7) is 26.1. The van der Waals surface area contributed by atoms with Gasteiger partial charge >= 0.3 is 6.03 Å². The molecule has 460 valence electrons. The van der Waals surface area contributed by atoms with E-state index in [1.54, 1.807) is 27.9 Å². The monoisotopic (exact) mass is 1180 g/mol. The Morgan fingerprint density at radius 1 is 0.771 bits per heavy atom. The molecule has 10 amide bonds. The van der Waals surface area contributed by atoms with Gasteiger partial charge in [0.05, 0.1) is 30.2 Å². The molecule has 9 N–H and O–H groups in total. The molecule has 0 fully saturated rings. The summed E-state index contributed by atoms with van der Waals surface area (Å²) in [5, 5.41) is 16.8. The normalized spacial score (nSPS) is 15.8. The average Bonchev–Trinajstić information content (AvgIpc) is 3.71. The van der Waals surface area contributed by atoms with Crippen molar-refractivity contribution in [1.29, 1.82) is 0 Å². The van der Waals surface area contributed by atoms with Gasteiger partial charge in [-0.15, -0.1) is 0 Å². The lowest BCUT2D eigenvalue weighted by atomic mass is 9.76. The Morgan fingerprint density at radius 2 is 1.36 bits per heavy atom. The van der Waals surface area contributed by atoms with Gasteiger partial charge in [-0.25, -0.2) is 17.9 Å². The first kappa shape index (κ1) is 70.3. The van der Waals surface area contributed by atoms with Crippen LogP contribution in [0.4, 0.5) is 10.5 Å². The van der Waals surface area contributed by atoms with Gasteiger partial charge in [0, 0.05) is 60.8 Å². The van der Waals surface area contributed by atoms with Gasteiger partial charge in [0.25, 0.3) is 27.7 Å². The Hall–Kier alpha value is -6.98. The van der Waals surface area contributed by atoms with Crippen LogP contribution in [0, 0.1) is 28.1 Å². The molecular weight excluding hydrogens is 1080 g/mol. The number of likely N-dealkylation sites (N-methyl/N-ethyl adjacent to an activating group) is 2. The first-order valence-corrected chi connectivity index (χ1v) is 29.6. The molecule has 0 aromatic heterocycles. The van der Waals surface area contributed by atoms with Crippen molar-refractivity contribution in [1.82, 2.24) is 41.1 Å². The van der Waals surface area contributed by atoms with Crippen molar-refractivity contribution in [3.05, 3.63) is 84.0 Å². The van der Waals surface area contributed by atoms with E-state index in [1.165, 1.54) is 59.2 Å². The van der Waals surface area contributed by atoms with E-state index >= 15 is 0 Å². The largest absolute Gasteiger partial charge is 0.380 e. The van der Waals surface area contributed by atoms with Gasteiger partial charge in [0.1, 0.15) is 18.1 Å². The highest BCUT2D eigenvalue weighted by Crippen LogP contribution is 2.31. The third-order valence-electron chi connectivity index (χ3n) is 14.8. The number of urea groups is 1. The maximum atomic E-state index is 14.4. The van der Waals surface area contributed by atoms with Gasteiger partial charge in [0.15, 0.2) is 0 Å². The predicted molar refractivity (Wildman–Crippen MR) is 318 cm³/mol. The first-order valence-electron chi connectivity index (χ1n) is 28.1. The van der Waals surface area contributed by atoms with Gasteiger partial charge in [-0.3, -0.25) is 43.3 Å². The standard InChI is InChI=1S/C60H92N10O12S/c1-17-60(14,34-70-46(72)29-30-47(70)73)36-82-35-58(10,11)33-45(71)66-48(38(4)5)53(76)65-43(24-21-31-63-56(61)79)52(75)64-41-25-27-42(28-26-41)83(80,81)68-51(74)39(6)32-44(37(2)3)69(16)55(78)50(57(7,8)9)67-54(77)49(62-15)59(12,13)40-22-19-18-20-23-40/h18-20,22-23,25-30,32,37-38,43-44,48-50,62H,17,21,24,31,33-36H2,1-16H3,(H,64,75)(H,65,76)(H,66,71)(H,67,77)(H,68,74)(H3,61,63,79). The zero-order chi connectivity index (χ0) is 63.0. The van der Waals surface area contributed by atoms with E-state index in [0.29, 0.717) is 6.42 Å². The van der Waals surface area contributed by atoms with Crippen molar-refractivity contribution < 1.29 is 56.3 Å². The SMILES string of the molecule is CCC(C)(COCC(C)(C)CC(=O)NC(C(=O)NC(CCCNC(N)=O)C(=O)Nc1ccc(S(=O)(=O)NC(=O)C(C)=CC(C(C)C)N(C)C(=O)C(NC(=O)C(NC)C(C)(C)c2ccccc2)C(C)(C)C)cc1)C(C)C)CN1C(=O)C=CC1=O. The summed E-state index contributed by atoms with van der Waals surface area (Å²) in [6, 6.07) is 9.02. The lowest BCUT2D eigenvalue weighted by molar-refractivity contribution is -0.141. The summed E-state index contributed by atoms with van der Waals surface area (Å²) in [5.74, 6) is -5.03. The lowest BCUT2D eigenvalue weighted by Crippen LogP contribution is -2.61. The number of amides is 10. The molecule has 83 heavy (non-hydrogen) atoms. The van der Waals surface area contributed by atoms with Crippen LogP contribution in [0.15, 0.2) is 83.3 Å². The van der Waals surface area contributed by atoms with Crippen molar-refractivity contribution >= 4 is 69.0 Å². The molecule has 0 saturated carbocycles. The maximum Gasteiger partial charge on any atom is 0.312 e. The number of nitrogens with zero attached hydrogens (tertiary/aromatic N) is 2. The van der Waals surface area contributed by atoms with Crippen molar-refractivity contribution in [3.8, 4) is 0 Å². The molecule has 0 radical (unpaired) electrons. The summed E-state index contributed by atoms with van der Waals surface area (Å²) >= 11 is 0. The van der Waals surface area contributed by atoms with E-state index in [-0.39, 0.29) is 85.4 Å². The van der Waals surface area contributed by atoms with Crippen molar-refractivity contribution in [2.24, 2.45) is 33.8 Å². The van der Waals surface area contributed by atoms with Crippen LogP contribution in [0.1, 0.15) is 128 Å². The minimum absolute atomic E-state index is 0.00173. The molecule has 23 heteroatoms. The van der Waals surface area contributed by atoms with Gasteiger partial charge in [0.2, 0.25) is 29.5 Å². The highest BCUT2D eigenvalue weighted by atomic mass is 32.2.